The summed E-state index contributed by atoms with van der Waals surface area (Å²) in [6.07, 6.45) is -4.49. The minimum absolute atomic E-state index is 0.00787. The van der Waals surface area contributed by atoms with Crippen molar-refractivity contribution in [1.82, 2.24) is 5.32 Å². The third kappa shape index (κ3) is 4.86. The summed E-state index contributed by atoms with van der Waals surface area (Å²) in [5.41, 5.74) is -0.342. The number of nitrogens with one attached hydrogen (secondary N) is 2. The number of halogens is 5. The Balaban J connectivity index is 1.89. The number of amides is 1. The van der Waals surface area contributed by atoms with Crippen molar-refractivity contribution < 1.29 is 22.4 Å². The number of hydrogen-bond acceptors (Lipinski definition) is 2. The Bertz CT molecular complexity index is 734. The Morgan fingerprint density at radius 1 is 1.12 bits per heavy atom. The fourth-order valence-electron chi connectivity index (χ4n) is 1.91. The summed E-state index contributed by atoms with van der Waals surface area (Å²) >= 11 is 5.77. The molecule has 0 heterocycles. The van der Waals surface area contributed by atoms with E-state index >= 15 is 0 Å². The van der Waals surface area contributed by atoms with Gasteiger partial charge in [0, 0.05) is 12.1 Å². The Hall–Kier alpha value is -2.28. The number of carbonyl (C=O) groups is 1. The molecule has 0 aliphatic carbocycles. The first-order chi connectivity index (χ1) is 11.3. The minimum atomic E-state index is -4.49. The van der Waals surface area contributed by atoms with Crippen LogP contribution in [0.4, 0.5) is 23.2 Å². The molecule has 2 aromatic carbocycles. The van der Waals surface area contributed by atoms with Gasteiger partial charge in [0.05, 0.1) is 22.8 Å². The predicted octanol–water partition coefficient (Wildman–Crippen LogP) is 4.23. The van der Waals surface area contributed by atoms with E-state index in [1.807, 2.05) is 0 Å². The van der Waals surface area contributed by atoms with E-state index in [0.717, 1.165) is 18.2 Å². The summed E-state index contributed by atoms with van der Waals surface area (Å²) in [4.78, 5) is 11.7. The second-order valence-corrected chi connectivity index (χ2v) is 5.32. The quantitative estimate of drug-likeness (QED) is 0.784. The van der Waals surface area contributed by atoms with Gasteiger partial charge >= 0.3 is 6.18 Å². The van der Waals surface area contributed by atoms with Crippen molar-refractivity contribution in [2.24, 2.45) is 0 Å². The molecule has 2 N–H and O–H groups in total. The number of alkyl halides is 3. The van der Waals surface area contributed by atoms with Crippen LogP contribution in [0, 0.1) is 5.82 Å². The molecule has 0 unspecified atom stereocenters. The van der Waals surface area contributed by atoms with E-state index in [4.69, 9.17) is 11.6 Å². The lowest BCUT2D eigenvalue weighted by atomic mass is 10.2. The van der Waals surface area contributed by atoms with Gasteiger partial charge in [-0.05, 0) is 24.3 Å². The monoisotopic (exact) mass is 360 g/mol. The molecule has 0 fully saturated rings. The lowest BCUT2D eigenvalue weighted by Gasteiger charge is -2.12. The molecule has 8 heteroatoms. The van der Waals surface area contributed by atoms with Crippen molar-refractivity contribution in [2.45, 2.75) is 12.7 Å². The van der Waals surface area contributed by atoms with Gasteiger partial charge < -0.3 is 10.6 Å². The Morgan fingerprint density at radius 3 is 2.46 bits per heavy atom. The average molecular weight is 361 g/mol. The molecule has 3 nitrogen and oxygen atoms in total. The molecule has 0 bridgehead atoms. The van der Waals surface area contributed by atoms with E-state index in [2.05, 4.69) is 10.6 Å². The second-order valence-electron chi connectivity index (χ2n) is 4.91. The summed E-state index contributed by atoms with van der Waals surface area (Å²) < 4.78 is 51.0. The van der Waals surface area contributed by atoms with Gasteiger partial charge in [-0.15, -0.1) is 0 Å². The lowest BCUT2D eigenvalue weighted by Crippen LogP contribution is -2.29. The zero-order valence-electron chi connectivity index (χ0n) is 12.3. The molecule has 0 aromatic heterocycles. The van der Waals surface area contributed by atoms with Crippen molar-refractivity contribution in [3.8, 4) is 0 Å². The lowest BCUT2D eigenvalue weighted by molar-refractivity contribution is -0.137. The van der Waals surface area contributed by atoms with Gasteiger partial charge in [0.1, 0.15) is 5.82 Å². The number of hydrogen-bond donors (Lipinski definition) is 2. The third-order valence-electron chi connectivity index (χ3n) is 3.17. The van der Waals surface area contributed by atoms with Crippen LogP contribution in [-0.2, 0) is 17.5 Å². The molecular weight excluding hydrogens is 348 g/mol. The first-order valence-corrected chi connectivity index (χ1v) is 7.26. The minimum Gasteiger partial charge on any atom is -0.375 e. The van der Waals surface area contributed by atoms with E-state index < -0.39 is 23.5 Å². The standard InChI is InChI=1S/C16H13ClF4N2O/c17-12-7-11(16(19,20)21)5-6-14(12)22-9-15(24)23-8-10-3-1-2-4-13(10)18/h1-7,22H,8-9H2,(H,23,24). The highest BCUT2D eigenvalue weighted by Crippen LogP contribution is 2.33. The maximum Gasteiger partial charge on any atom is 0.416 e. The van der Waals surface area contributed by atoms with Gasteiger partial charge in [-0.3, -0.25) is 4.79 Å². The molecule has 0 atom stereocenters. The van der Waals surface area contributed by atoms with Crippen LogP contribution < -0.4 is 10.6 Å². The Kier molecular flexibility index (Phi) is 5.66. The van der Waals surface area contributed by atoms with Crippen LogP contribution in [0.3, 0.4) is 0 Å². The van der Waals surface area contributed by atoms with Crippen molar-refractivity contribution in [3.63, 3.8) is 0 Å². The molecule has 0 spiro atoms. The van der Waals surface area contributed by atoms with Crippen LogP contribution in [-0.4, -0.2) is 12.5 Å². The highest BCUT2D eigenvalue weighted by Gasteiger charge is 2.30. The summed E-state index contributed by atoms with van der Waals surface area (Å²) in [5, 5.41) is 4.99. The zero-order chi connectivity index (χ0) is 17.7. The van der Waals surface area contributed by atoms with E-state index in [1.165, 1.54) is 18.2 Å². The summed E-state index contributed by atoms with van der Waals surface area (Å²) in [5.74, 6) is -0.884. The zero-order valence-corrected chi connectivity index (χ0v) is 13.0. The first-order valence-electron chi connectivity index (χ1n) is 6.88. The number of benzene rings is 2. The van der Waals surface area contributed by atoms with E-state index in [1.54, 1.807) is 6.07 Å². The van der Waals surface area contributed by atoms with Crippen molar-refractivity contribution in [1.29, 1.82) is 0 Å². The molecule has 2 rings (SSSR count). The second kappa shape index (κ2) is 7.53. The fourth-order valence-corrected chi connectivity index (χ4v) is 2.16. The van der Waals surface area contributed by atoms with E-state index in [0.29, 0.717) is 5.56 Å². The molecule has 0 saturated carbocycles. The number of rotatable bonds is 5. The van der Waals surface area contributed by atoms with Crippen molar-refractivity contribution >= 4 is 23.2 Å². The van der Waals surface area contributed by atoms with Gasteiger partial charge in [0.25, 0.3) is 0 Å². The summed E-state index contributed by atoms with van der Waals surface area (Å²) in [7, 11) is 0. The number of anilines is 1. The molecule has 0 aliphatic heterocycles. The van der Waals surface area contributed by atoms with Crippen LogP contribution in [0.25, 0.3) is 0 Å². The molecule has 1 amide bonds. The molecule has 0 radical (unpaired) electrons. The largest absolute Gasteiger partial charge is 0.416 e. The predicted molar refractivity (Wildman–Crippen MR) is 83.2 cm³/mol. The van der Waals surface area contributed by atoms with Gasteiger partial charge in [-0.25, -0.2) is 4.39 Å². The molecule has 24 heavy (non-hydrogen) atoms. The van der Waals surface area contributed by atoms with Crippen LogP contribution in [0.2, 0.25) is 5.02 Å². The number of carbonyl (C=O) groups excluding carboxylic acids is 1. The van der Waals surface area contributed by atoms with Gasteiger partial charge in [0.2, 0.25) is 5.91 Å². The van der Waals surface area contributed by atoms with E-state index in [9.17, 15) is 22.4 Å². The molecular formula is C16H13ClF4N2O. The third-order valence-corrected chi connectivity index (χ3v) is 3.48. The maximum atomic E-state index is 13.4. The van der Waals surface area contributed by atoms with Crippen molar-refractivity contribution in [2.75, 3.05) is 11.9 Å². The van der Waals surface area contributed by atoms with Gasteiger partial charge in [0.15, 0.2) is 0 Å². The Labute approximate surface area is 140 Å². The fraction of sp³-hybridized carbons (Fsp3) is 0.188. The Morgan fingerprint density at radius 2 is 1.83 bits per heavy atom. The smallest absolute Gasteiger partial charge is 0.375 e. The van der Waals surface area contributed by atoms with Gasteiger partial charge in [-0.2, -0.15) is 13.2 Å². The van der Waals surface area contributed by atoms with Crippen molar-refractivity contribution in [3.05, 3.63) is 64.4 Å². The van der Waals surface area contributed by atoms with Crippen LogP contribution in [0.15, 0.2) is 42.5 Å². The first kappa shape index (κ1) is 18.1. The topological polar surface area (TPSA) is 41.1 Å². The van der Waals surface area contributed by atoms with E-state index in [-0.39, 0.29) is 23.8 Å². The molecule has 0 saturated heterocycles. The van der Waals surface area contributed by atoms with Crippen LogP contribution in [0.5, 0.6) is 0 Å². The molecule has 2 aromatic rings. The maximum absolute atomic E-state index is 13.4. The molecule has 128 valence electrons. The summed E-state index contributed by atoms with van der Waals surface area (Å²) in [6.45, 7) is -0.201. The van der Waals surface area contributed by atoms with Gasteiger partial charge in [-0.1, -0.05) is 29.8 Å². The highest BCUT2D eigenvalue weighted by molar-refractivity contribution is 6.33. The SMILES string of the molecule is O=C(CNc1ccc(C(F)(F)F)cc1Cl)NCc1ccccc1F. The summed E-state index contributed by atoms with van der Waals surface area (Å²) in [6, 6.07) is 8.79. The average Bonchev–Trinajstić information content (AvgIpc) is 2.52. The van der Waals surface area contributed by atoms with Crippen LogP contribution in [0.1, 0.15) is 11.1 Å². The molecule has 0 aliphatic rings. The van der Waals surface area contributed by atoms with Crippen LogP contribution >= 0.6 is 11.6 Å². The highest BCUT2D eigenvalue weighted by atomic mass is 35.5. The normalized spacial score (nSPS) is 11.2.